The lowest BCUT2D eigenvalue weighted by Gasteiger charge is -2.32. The number of aromatic nitrogens is 1. The van der Waals surface area contributed by atoms with Crippen molar-refractivity contribution in [3.05, 3.63) is 17.8 Å². The minimum Gasteiger partial charge on any atom is -0.489 e. The van der Waals surface area contributed by atoms with Gasteiger partial charge >= 0.3 is 13.3 Å². The van der Waals surface area contributed by atoms with Crippen LogP contribution in [-0.4, -0.2) is 29.4 Å². The number of ether oxygens (including phenoxy) is 1. The molecule has 126 valence electrons. The molecule has 0 spiro atoms. The van der Waals surface area contributed by atoms with E-state index in [0.717, 1.165) is 25.1 Å². The van der Waals surface area contributed by atoms with Crippen molar-refractivity contribution in [2.75, 3.05) is 0 Å². The molecule has 0 radical (unpaired) electrons. The van der Waals surface area contributed by atoms with Crippen LogP contribution in [0.1, 0.15) is 46.1 Å². The van der Waals surface area contributed by atoms with Gasteiger partial charge in [-0.25, -0.2) is 0 Å². The van der Waals surface area contributed by atoms with Gasteiger partial charge in [0, 0.05) is 6.20 Å². The average Bonchev–Trinajstić information content (AvgIpc) is 3.16. The Morgan fingerprint density at radius 3 is 2.22 bits per heavy atom. The highest BCUT2D eigenvalue weighted by Gasteiger charge is 2.53. The van der Waals surface area contributed by atoms with Crippen LogP contribution in [0.2, 0.25) is 0 Å². The Kier molecular flexibility index (Phi) is 3.68. The molecule has 0 N–H and O–H groups in total. The van der Waals surface area contributed by atoms with Gasteiger partial charge in [0.25, 0.3) is 0 Å². The number of pyridine rings is 1. The normalized spacial score (nSPS) is 23.2. The van der Waals surface area contributed by atoms with Crippen molar-refractivity contribution in [2.45, 2.75) is 64.0 Å². The highest BCUT2D eigenvalue weighted by molar-refractivity contribution is 6.62. The zero-order valence-corrected chi connectivity index (χ0v) is 13.5. The van der Waals surface area contributed by atoms with E-state index in [4.69, 9.17) is 14.0 Å². The van der Waals surface area contributed by atoms with Crippen molar-refractivity contribution in [1.82, 2.24) is 4.98 Å². The topological polar surface area (TPSA) is 40.6 Å². The summed E-state index contributed by atoms with van der Waals surface area (Å²) in [6, 6.07) is 0.978. The fraction of sp³-hybridized carbons (Fsp3) is 0.667. The maximum atomic E-state index is 12.9. The summed E-state index contributed by atoms with van der Waals surface area (Å²) in [6.45, 7) is 7.49. The van der Waals surface area contributed by atoms with Crippen molar-refractivity contribution in [3.8, 4) is 5.75 Å². The van der Waals surface area contributed by atoms with Gasteiger partial charge in [-0.15, -0.1) is 0 Å². The molecule has 8 heteroatoms. The summed E-state index contributed by atoms with van der Waals surface area (Å²) < 4.78 is 56.1. The van der Waals surface area contributed by atoms with Crippen LogP contribution < -0.4 is 10.3 Å². The third kappa shape index (κ3) is 3.19. The number of nitrogens with zero attached hydrogens (tertiary/aromatic N) is 1. The molecule has 0 amide bonds. The second kappa shape index (κ2) is 5.11. The Labute approximate surface area is 133 Å². The van der Waals surface area contributed by atoms with E-state index in [9.17, 15) is 13.2 Å². The molecule has 0 bridgehead atoms. The molecule has 2 aliphatic rings. The van der Waals surface area contributed by atoms with Crippen LogP contribution in [0.3, 0.4) is 0 Å². The first-order valence-electron chi connectivity index (χ1n) is 7.59. The van der Waals surface area contributed by atoms with Crippen LogP contribution in [0.25, 0.3) is 0 Å². The molecule has 3 rings (SSSR count). The minimum atomic E-state index is -4.47. The Bertz CT molecular complexity index is 598. The highest BCUT2D eigenvalue weighted by atomic mass is 19.4. The lowest BCUT2D eigenvalue weighted by Crippen LogP contribution is -2.41. The summed E-state index contributed by atoms with van der Waals surface area (Å²) >= 11 is 0. The molecule has 1 saturated heterocycles. The number of halogens is 3. The molecule has 1 aliphatic carbocycles. The SMILES string of the molecule is CC1(C)OB(c2ncc(C(F)(F)F)cc2OC2CC2)OC1(C)C. The van der Waals surface area contributed by atoms with Gasteiger partial charge in [-0.1, -0.05) is 0 Å². The summed E-state index contributed by atoms with van der Waals surface area (Å²) in [7, 11) is -0.851. The minimum absolute atomic E-state index is 0.0542. The summed E-state index contributed by atoms with van der Waals surface area (Å²) in [5.74, 6) is 0.0841. The summed E-state index contributed by atoms with van der Waals surface area (Å²) in [4.78, 5) is 3.94. The monoisotopic (exact) mass is 329 g/mol. The Balaban J connectivity index is 1.95. The van der Waals surface area contributed by atoms with Gasteiger partial charge in [0.1, 0.15) is 11.3 Å². The molecule has 1 saturated carbocycles. The number of alkyl halides is 3. The first-order valence-corrected chi connectivity index (χ1v) is 7.59. The van der Waals surface area contributed by atoms with Crippen LogP contribution in [0.15, 0.2) is 12.3 Å². The molecule has 1 aromatic heterocycles. The largest absolute Gasteiger partial charge is 0.518 e. The van der Waals surface area contributed by atoms with Crippen molar-refractivity contribution < 1.29 is 27.2 Å². The van der Waals surface area contributed by atoms with Crippen LogP contribution >= 0.6 is 0 Å². The van der Waals surface area contributed by atoms with E-state index in [1.54, 1.807) is 0 Å². The number of hydrogen-bond donors (Lipinski definition) is 0. The Morgan fingerprint density at radius 2 is 1.74 bits per heavy atom. The zero-order chi connectivity index (χ0) is 17.0. The maximum Gasteiger partial charge on any atom is 0.518 e. The van der Waals surface area contributed by atoms with Gasteiger partial charge in [0.15, 0.2) is 0 Å². The molecule has 23 heavy (non-hydrogen) atoms. The van der Waals surface area contributed by atoms with E-state index in [0.29, 0.717) is 0 Å². The predicted octanol–water partition coefficient (Wildman–Crippen LogP) is 2.94. The van der Waals surface area contributed by atoms with Crippen LogP contribution in [0.4, 0.5) is 13.2 Å². The molecule has 0 unspecified atom stereocenters. The molecule has 0 atom stereocenters. The van der Waals surface area contributed by atoms with Gasteiger partial charge in [0.2, 0.25) is 0 Å². The smallest absolute Gasteiger partial charge is 0.489 e. The van der Waals surface area contributed by atoms with Gasteiger partial charge in [-0.2, -0.15) is 13.2 Å². The number of hydrogen-bond acceptors (Lipinski definition) is 4. The van der Waals surface area contributed by atoms with E-state index >= 15 is 0 Å². The standard InChI is InChI=1S/C15H19BF3NO3/c1-13(2)14(3,4)23-16(22-13)12-11(21-10-5-6-10)7-9(8-20-12)15(17,18)19/h7-8,10H,5-6H2,1-4H3. The van der Waals surface area contributed by atoms with Gasteiger partial charge < -0.3 is 14.0 Å². The second-order valence-electron chi connectivity index (χ2n) is 7.01. The lowest BCUT2D eigenvalue weighted by molar-refractivity contribution is -0.137. The van der Waals surface area contributed by atoms with E-state index in [-0.39, 0.29) is 17.4 Å². The predicted molar refractivity (Wildman–Crippen MR) is 78.6 cm³/mol. The van der Waals surface area contributed by atoms with E-state index < -0.39 is 30.1 Å². The fourth-order valence-electron chi connectivity index (χ4n) is 2.20. The average molecular weight is 329 g/mol. The van der Waals surface area contributed by atoms with Gasteiger partial charge in [-0.3, -0.25) is 4.98 Å². The van der Waals surface area contributed by atoms with Gasteiger partial charge in [-0.05, 0) is 46.6 Å². The fourth-order valence-corrected chi connectivity index (χ4v) is 2.20. The third-order valence-electron chi connectivity index (χ3n) is 4.50. The highest BCUT2D eigenvalue weighted by Crippen LogP contribution is 2.38. The molecular formula is C15H19BF3NO3. The molecule has 2 fully saturated rings. The molecule has 1 aliphatic heterocycles. The maximum absolute atomic E-state index is 12.9. The molecular weight excluding hydrogens is 310 g/mol. The van der Waals surface area contributed by atoms with Crippen molar-refractivity contribution in [2.24, 2.45) is 0 Å². The Hall–Kier alpha value is -1.28. The van der Waals surface area contributed by atoms with Crippen molar-refractivity contribution in [3.63, 3.8) is 0 Å². The number of rotatable bonds is 3. The van der Waals surface area contributed by atoms with E-state index in [1.807, 2.05) is 27.7 Å². The first-order chi connectivity index (χ1) is 10.5. The van der Waals surface area contributed by atoms with E-state index in [2.05, 4.69) is 4.98 Å². The lowest BCUT2D eigenvalue weighted by atomic mass is 9.83. The molecule has 1 aromatic rings. The third-order valence-corrected chi connectivity index (χ3v) is 4.50. The van der Waals surface area contributed by atoms with Crippen molar-refractivity contribution >= 4 is 12.7 Å². The summed E-state index contributed by atoms with van der Waals surface area (Å²) in [5, 5.41) is 0. The quantitative estimate of drug-likeness (QED) is 0.800. The van der Waals surface area contributed by atoms with Crippen LogP contribution in [-0.2, 0) is 15.5 Å². The van der Waals surface area contributed by atoms with Crippen molar-refractivity contribution in [1.29, 1.82) is 0 Å². The van der Waals surface area contributed by atoms with E-state index in [1.165, 1.54) is 0 Å². The Morgan fingerprint density at radius 1 is 1.17 bits per heavy atom. The second-order valence-corrected chi connectivity index (χ2v) is 7.01. The van der Waals surface area contributed by atoms with Crippen LogP contribution in [0.5, 0.6) is 5.75 Å². The molecule has 0 aromatic carbocycles. The molecule has 4 nitrogen and oxygen atoms in total. The molecule has 2 heterocycles. The van der Waals surface area contributed by atoms with Crippen LogP contribution in [0, 0.1) is 0 Å². The summed E-state index contributed by atoms with van der Waals surface area (Å²) in [5.41, 5.74) is -1.78. The van der Waals surface area contributed by atoms with Gasteiger partial charge in [0.05, 0.1) is 22.9 Å². The first kappa shape index (κ1) is 16.6. The summed E-state index contributed by atoms with van der Waals surface area (Å²) in [6.07, 6.45) is -2.07. The zero-order valence-electron chi connectivity index (χ0n) is 13.5.